The molecule has 0 fully saturated rings. The largest absolute Gasteiger partial charge is 0.455 e. The number of para-hydroxylation sites is 3. The third-order valence-electron chi connectivity index (χ3n) is 9.30. The molecule has 0 radical (unpaired) electrons. The van der Waals surface area contributed by atoms with Crippen LogP contribution in [0.5, 0.6) is 0 Å². The molecule has 45 heavy (non-hydrogen) atoms. The maximum Gasteiger partial charge on any atom is 0.145 e. The summed E-state index contributed by atoms with van der Waals surface area (Å²) in [5, 5.41) is 7.07. The van der Waals surface area contributed by atoms with Gasteiger partial charge in [0.25, 0.3) is 0 Å². The summed E-state index contributed by atoms with van der Waals surface area (Å²) < 4.78 is 11.5. The minimum absolute atomic E-state index is 0.912. The molecule has 0 aliphatic carbocycles. The molecule has 0 saturated heterocycles. The maximum atomic E-state index is 6.66. The van der Waals surface area contributed by atoms with Crippen molar-refractivity contribution in [3.8, 4) is 22.5 Å². The smallest absolute Gasteiger partial charge is 0.145 e. The van der Waals surface area contributed by atoms with Gasteiger partial charge in [-0.2, -0.15) is 0 Å². The van der Waals surface area contributed by atoms with Crippen LogP contribution in [0, 0.1) is 0 Å². The Morgan fingerprint density at radius 3 is 1.73 bits per heavy atom. The van der Waals surface area contributed by atoms with Gasteiger partial charge in [-0.15, -0.1) is 0 Å². The molecule has 210 valence electrons. The Labute approximate surface area is 258 Å². The Bertz CT molecular complexity index is 2730. The van der Waals surface area contributed by atoms with E-state index in [1.54, 1.807) is 0 Å². The molecule has 0 unspecified atom stereocenters. The highest BCUT2D eigenvalue weighted by Crippen LogP contribution is 2.45. The molecule has 0 saturated carbocycles. The molecule has 3 nitrogen and oxygen atoms in total. The van der Waals surface area contributed by atoms with Gasteiger partial charge in [0, 0.05) is 38.3 Å². The number of fused-ring (bicyclic) bond motifs is 11. The topological polar surface area (TPSA) is 23.0 Å². The van der Waals surface area contributed by atoms with Gasteiger partial charge in [0.2, 0.25) is 0 Å². The van der Waals surface area contributed by atoms with Gasteiger partial charge >= 0.3 is 0 Å². The maximum absolute atomic E-state index is 6.66. The fourth-order valence-corrected chi connectivity index (χ4v) is 7.38. The molecular formula is C42H26N2O. The predicted molar refractivity (Wildman–Crippen MR) is 188 cm³/mol. The summed E-state index contributed by atoms with van der Waals surface area (Å²) in [4.78, 5) is 0. The van der Waals surface area contributed by atoms with Gasteiger partial charge in [0.05, 0.1) is 27.5 Å². The van der Waals surface area contributed by atoms with Crippen molar-refractivity contribution in [1.82, 2.24) is 9.13 Å². The lowest BCUT2D eigenvalue weighted by molar-refractivity contribution is 0.673. The highest BCUT2D eigenvalue weighted by Gasteiger charge is 2.23. The van der Waals surface area contributed by atoms with Crippen LogP contribution in [-0.4, -0.2) is 9.13 Å². The number of furan rings is 1. The third-order valence-corrected chi connectivity index (χ3v) is 9.30. The van der Waals surface area contributed by atoms with Gasteiger partial charge in [-0.3, -0.25) is 0 Å². The Morgan fingerprint density at radius 1 is 0.378 bits per heavy atom. The van der Waals surface area contributed by atoms with E-state index in [0.29, 0.717) is 0 Å². The Hall–Kier alpha value is -6.06. The summed E-state index contributed by atoms with van der Waals surface area (Å²) >= 11 is 0. The molecular weight excluding hydrogens is 548 g/mol. The second-order valence-electron chi connectivity index (χ2n) is 11.7. The normalized spacial score (nSPS) is 12.0. The van der Waals surface area contributed by atoms with Crippen LogP contribution in [-0.2, 0) is 0 Å². The number of benzene rings is 7. The van der Waals surface area contributed by atoms with E-state index in [1.165, 1.54) is 43.8 Å². The molecule has 10 rings (SSSR count). The van der Waals surface area contributed by atoms with Crippen molar-refractivity contribution in [1.29, 1.82) is 0 Å². The van der Waals surface area contributed by atoms with Crippen molar-refractivity contribution in [3.05, 3.63) is 158 Å². The van der Waals surface area contributed by atoms with Crippen LogP contribution < -0.4 is 0 Å². The van der Waals surface area contributed by atoms with Gasteiger partial charge in [-0.25, -0.2) is 0 Å². The van der Waals surface area contributed by atoms with Crippen molar-refractivity contribution < 1.29 is 4.42 Å². The first kappa shape index (κ1) is 24.4. The number of nitrogens with zero attached hydrogens (tertiary/aromatic N) is 2. The summed E-state index contributed by atoms with van der Waals surface area (Å²) in [6.45, 7) is 0. The second kappa shape index (κ2) is 9.22. The van der Waals surface area contributed by atoms with Crippen LogP contribution in [0.4, 0.5) is 0 Å². The van der Waals surface area contributed by atoms with Crippen molar-refractivity contribution in [2.24, 2.45) is 0 Å². The van der Waals surface area contributed by atoms with Crippen LogP contribution in [0.1, 0.15) is 0 Å². The van der Waals surface area contributed by atoms with E-state index < -0.39 is 0 Å². The van der Waals surface area contributed by atoms with Crippen LogP contribution in [0.2, 0.25) is 0 Å². The zero-order valence-corrected chi connectivity index (χ0v) is 24.3. The van der Waals surface area contributed by atoms with Crippen LogP contribution >= 0.6 is 0 Å². The Balaban J connectivity index is 1.46. The molecule has 3 heterocycles. The average molecular weight is 575 g/mol. The molecule has 0 amide bonds. The summed E-state index contributed by atoms with van der Waals surface area (Å²) in [6, 6.07) is 56.4. The lowest BCUT2D eigenvalue weighted by Gasteiger charge is -2.10. The summed E-state index contributed by atoms with van der Waals surface area (Å²) in [5.74, 6) is 0. The van der Waals surface area contributed by atoms with Crippen LogP contribution in [0.3, 0.4) is 0 Å². The number of hydrogen-bond donors (Lipinski definition) is 0. The molecule has 0 N–H and O–H groups in total. The average Bonchev–Trinajstić information content (AvgIpc) is 3.76. The first-order valence-electron chi connectivity index (χ1n) is 15.4. The standard InChI is InChI=1S/C42H26N2O/c1-4-12-27(13-5-1)28-20-23-35-34(26-28)39-36(43(35)29-14-6-2-7-15-29)25-22-33-40-37(44(41(33)39)30-16-8-3-9-17-30)24-21-32-31-18-10-11-19-38(31)45-42(32)40/h1-26H. The molecule has 0 spiro atoms. The minimum Gasteiger partial charge on any atom is -0.455 e. The van der Waals surface area contributed by atoms with Crippen molar-refractivity contribution in [2.75, 3.05) is 0 Å². The molecule has 3 aromatic heterocycles. The molecule has 0 aliphatic heterocycles. The quantitative estimate of drug-likeness (QED) is 0.206. The fourth-order valence-electron chi connectivity index (χ4n) is 7.38. The lowest BCUT2D eigenvalue weighted by atomic mass is 10.0. The first-order valence-corrected chi connectivity index (χ1v) is 15.4. The molecule has 7 aromatic carbocycles. The van der Waals surface area contributed by atoms with E-state index in [-0.39, 0.29) is 0 Å². The van der Waals surface area contributed by atoms with E-state index >= 15 is 0 Å². The first-order chi connectivity index (χ1) is 22.3. The van der Waals surface area contributed by atoms with Gasteiger partial charge in [0.15, 0.2) is 0 Å². The van der Waals surface area contributed by atoms with Crippen molar-refractivity contribution in [2.45, 2.75) is 0 Å². The van der Waals surface area contributed by atoms with Gasteiger partial charge in [-0.1, -0.05) is 91.0 Å². The third kappa shape index (κ3) is 3.41. The summed E-state index contributed by atoms with van der Waals surface area (Å²) in [6.07, 6.45) is 0. The van der Waals surface area contributed by atoms with Gasteiger partial charge < -0.3 is 13.6 Å². The Kier molecular flexibility index (Phi) is 5.00. The lowest BCUT2D eigenvalue weighted by Crippen LogP contribution is -1.95. The number of rotatable bonds is 3. The van der Waals surface area contributed by atoms with Gasteiger partial charge in [-0.05, 0) is 77.9 Å². The zero-order chi connectivity index (χ0) is 29.5. The van der Waals surface area contributed by atoms with E-state index in [0.717, 1.165) is 44.2 Å². The van der Waals surface area contributed by atoms with E-state index in [9.17, 15) is 0 Å². The number of aromatic nitrogens is 2. The Morgan fingerprint density at radius 2 is 0.978 bits per heavy atom. The highest BCUT2D eigenvalue weighted by molar-refractivity contribution is 6.31. The van der Waals surface area contributed by atoms with E-state index in [2.05, 4.69) is 161 Å². The van der Waals surface area contributed by atoms with Crippen LogP contribution in [0.15, 0.2) is 162 Å². The van der Waals surface area contributed by atoms with Crippen LogP contribution in [0.25, 0.3) is 88.1 Å². The second-order valence-corrected chi connectivity index (χ2v) is 11.7. The molecule has 10 aromatic rings. The molecule has 3 heteroatoms. The highest BCUT2D eigenvalue weighted by atomic mass is 16.3. The summed E-state index contributed by atoms with van der Waals surface area (Å²) in [5.41, 5.74) is 11.2. The molecule has 0 aliphatic rings. The van der Waals surface area contributed by atoms with E-state index in [1.807, 2.05) is 6.07 Å². The van der Waals surface area contributed by atoms with E-state index in [4.69, 9.17) is 4.42 Å². The summed E-state index contributed by atoms with van der Waals surface area (Å²) in [7, 11) is 0. The minimum atomic E-state index is 0.912. The SMILES string of the molecule is c1ccc(-c2ccc3c(c2)c2c(ccc4c5c6oc7ccccc7c6ccc5n(-c5ccccc5)c42)n3-c2ccccc2)cc1. The predicted octanol–water partition coefficient (Wildman–Crippen LogP) is 11.4. The van der Waals surface area contributed by atoms with Crippen molar-refractivity contribution >= 4 is 65.6 Å². The van der Waals surface area contributed by atoms with Crippen molar-refractivity contribution in [3.63, 3.8) is 0 Å². The number of hydrogen-bond acceptors (Lipinski definition) is 1. The zero-order valence-electron chi connectivity index (χ0n) is 24.3. The monoisotopic (exact) mass is 574 g/mol. The molecule has 0 atom stereocenters. The molecule has 0 bridgehead atoms. The van der Waals surface area contributed by atoms with Gasteiger partial charge in [0.1, 0.15) is 11.2 Å². The fraction of sp³-hybridized carbons (Fsp3) is 0.